The summed E-state index contributed by atoms with van der Waals surface area (Å²) < 4.78 is 26.1. The van der Waals surface area contributed by atoms with E-state index in [1.807, 2.05) is 24.3 Å². The number of para-hydroxylation sites is 1. The van der Waals surface area contributed by atoms with E-state index < -0.39 is 11.6 Å². The fourth-order valence-electron chi connectivity index (χ4n) is 2.06. The Balaban J connectivity index is 1.89. The lowest BCUT2D eigenvalue weighted by Gasteiger charge is -2.09. The van der Waals surface area contributed by atoms with E-state index in [9.17, 15) is 8.78 Å². The Morgan fingerprint density at radius 3 is 2.62 bits per heavy atom. The maximum atomic E-state index is 13.2. The van der Waals surface area contributed by atoms with Crippen LogP contribution in [-0.2, 0) is 6.54 Å². The van der Waals surface area contributed by atoms with Gasteiger partial charge in [-0.3, -0.25) is 0 Å². The van der Waals surface area contributed by atoms with Crippen molar-refractivity contribution >= 4 is 22.7 Å². The summed E-state index contributed by atoms with van der Waals surface area (Å²) in [6.45, 7) is 0.303. The smallest absolute Gasteiger partial charge is 0.222 e. The Labute approximate surface area is 119 Å². The zero-order valence-electron chi connectivity index (χ0n) is 11.0. The van der Waals surface area contributed by atoms with Gasteiger partial charge in [0, 0.05) is 11.9 Å². The second-order valence-electron chi connectivity index (χ2n) is 4.55. The number of nitrogens with two attached hydrogens (primary N) is 1. The van der Waals surface area contributed by atoms with Gasteiger partial charge in [-0.2, -0.15) is 4.98 Å². The number of nitrogens with one attached hydrogen (secondary N) is 1. The number of nitrogens with zero attached hydrogens (tertiary/aromatic N) is 2. The fraction of sp³-hybridized carbons (Fsp3) is 0.0667. The number of nitrogen functional groups attached to an aromatic ring is 1. The zero-order valence-corrected chi connectivity index (χ0v) is 11.0. The highest BCUT2D eigenvalue weighted by Gasteiger charge is 2.07. The summed E-state index contributed by atoms with van der Waals surface area (Å²) >= 11 is 0. The summed E-state index contributed by atoms with van der Waals surface area (Å²) in [7, 11) is 0. The molecule has 106 valence electrons. The minimum atomic E-state index is -0.874. The third-order valence-electron chi connectivity index (χ3n) is 3.06. The number of hydrogen-bond acceptors (Lipinski definition) is 4. The molecule has 3 N–H and O–H groups in total. The first kappa shape index (κ1) is 13.2. The van der Waals surface area contributed by atoms with Gasteiger partial charge < -0.3 is 11.1 Å². The Hall–Kier alpha value is -2.76. The molecule has 0 amide bonds. The van der Waals surface area contributed by atoms with Crippen LogP contribution in [0.1, 0.15) is 5.56 Å². The molecule has 0 bridgehead atoms. The number of fused-ring (bicyclic) bond motifs is 1. The van der Waals surface area contributed by atoms with Crippen LogP contribution in [0, 0.1) is 11.6 Å². The van der Waals surface area contributed by atoms with Crippen LogP contribution in [0.5, 0.6) is 0 Å². The van der Waals surface area contributed by atoms with Crippen LogP contribution >= 0.6 is 0 Å². The minimum absolute atomic E-state index is 0.154. The molecule has 3 aromatic rings. The predicted octanol–water partition coefficient (Wildman–Crippen LogP) is 3.10. The number of hydrogen-bond donors (Lipinski definition) is 2. The molecule has 4 nitrogen and oxygen atoms in total. The molecule has 0 fully saturated rings. The SMILES string of the molecule is Nc1nc(NCc2ccc(F)c(F)c2)c2ccccc2n1. The summed E-state index contributed by atoms with van der Waals surface area (Å²) in [4.78, 5) is 8.28. The zero-order chi connectivity index (χ0) is 14.8. The molecule has 0 aliphatic heterocycles. The van der Waals surface area contributed by atoms with Crippen molar-refractivity contribution in [1.82, 2.24) is 9.97 Å². The van der Waals surface area contributed by atoms with Crippen molar-refractivity contribution in [1.29, 1.82) is 0 Å². The monoisotopic (exact) mass is 286 g/mol. The van der Waals surface area contributed by atoms with E-state index in [-0.39, 0.29) is 5.95 Å². The van der Waals surface area contributed by atoms with Crippen LogP contribution in [0.25, 0.3) is 10.9 Å². The Kier molecular flexibility index (Phi) is 3.35. The second kappa shape index (κ2) is 5.32. The van der Waals surface area contributed by atoms with Crippen LogP contribution in [-0.4, -0.2) is 9.97 Å². The number of halogens is 2. The van der Waals surface area contributed by atoms with Crippen molar-refractivity contribution < 1.29 is 8.78 Å². The average Bonchev–Trinajstić information content (AvgIpc) is 2.48. The molecule has 1 aromatic heterocycles. The standard InChI is InChI=1S/C15H12F2N4/c16-11-6-5-9(7-12(11)17)8-19-14-10-3-1-2-4-13(10)20-15(18)21-14/h1-7H,8H2,(H3,18,19,20,21). The van der Waals surface area contributed by atoms with Gasteiger partial charge in [0.15, 0.2) is 11.6 Å². The van der Waals surface area contributed by atoms with E-state index in [2.05, 4.69) is 15.3 Å². The molecule has 0 atom stereocenters. The number of benzene rings is 2. The summed E-state index contributed by atoms with van der Waals surface area (Å²) in [6.07, 6.45) is 0. The van der Waals surface area contributed by atoms with Crippen LogP contribution in [0.3, 0.4) is 0 Å². The molecule has 0 saturated heterocycles. The molecule has 6 heteroatoms. The topological polar surface area (TPSA) is 63.8 Å². The molecule has 0 radical (unpaired) electrons. The van der Waals surface area contributed by atoms with Gasteiger partial charge in [0.2, 0.25) is 5.95 Å². The lowest BCUT2D eigenvalue weighted by molar-refractivity contribution is 0.507. The van der Waals surface area contributed by atoms with Crippen molar-refractivity contribution in [3.8, 4) is 0 Å². The molecule has 21 heavy (non-hydrogen) atoms. The Morgan fingerprint density at radius 2 is 1.81 bits per heavy atom. The van der Waals surface area contributed by atoms with Crippen LogP contribution in [0.2, 0.25) is 0 Å². The van der Waals surface area contributed by atoms with Crippen molar-refractivity contribution in [3.05, 3.63) is 59.7 Å². The van der Waals surface area contributed by atoms with Gasteiger partial charge in [0.25, 0.3) is 0 Å². The summed E-state index contributed by atoms with van der Waals surface area (Å²) in [5.41, 5.74) is 6.99. The van der Waals surface area contributed by atoms with Crippen molar-refractivity contribution in [2.24, 2.45) is 0 Å². The molecule has 0 spiro atoms. The number of rotatable bonds is 3. The lowest BCUT2D eigenvalue weighted by Crippen LogP contribution is -2.05. The molecular weight excluding hydrogens is 274 g/mol. The van der Waals surface area contributed by atoms with Gasteiger partial charge in [-0.05, 0) is 29.8 Å². The van der Waals surface area contributed by atoms with E-state index >= 15 is 0 Å². The second-order valence-corrected chi connectivity index (χ2v) is 4.55. The normalized spacial score (nSPS) is 10.8. The third kappa shape index (κ3) is 2.74. The van der Waals surface area contributed by atoms with E-state index in [0.717, 1.165) is 23.0 Å². The van der Waals surface area contributed by atoms with Crippen LogP contribution in [0.4, 0.5) is 20.5 Å². The first-order valence-electron chi connectivity index (χ1n) is 6.33. The van der Waals surface area contributed by atoms with Gasteiger partial charge in [-0.15, -0.1) is 0 Å². The van der Waals surface area contributed by atoms with Gasteiger partial charge >= 0.3 is 0 Å². The summed E-state index contributed by atoms with van der Waals surface area (Å²) in [5.74, 6) is -1.03. The Morgan fingerprint density at radius 1 is 1.00 bits per heavy atom. The Bertz CT molecular complexity index is 805. The van der Waals surface area contributed by atoms with E-state index in [1.165, 1.54) is 6.07 Å². The summed E-state index contributed by atoms with van der Waals surface area (Å²) in [6, 6.07) is 11.2. The predicted molar refractivity (Wildman–Crippen MR) is 77.6 cm³/mol. The van der Waals surface area contributed by atoms with Gasteiger partial charge in [-0.25, -0.2) is 13.8 Å². The first-order chi connectivity index (χ1) is 10.1. The van der Waals surface area contributed by atoms with Gasteiger partial charge in [0.05, 0.1) is 5.52 Å². The largest absolute Gasteiger partial charge is 0.368 e. The number of aromatic nitrogens is 2. The third-order valence-corrected chi connectivity index (χ3v) is 3.06. The highest BCUT2D eigenvalue weighted by atomic mass is 19.2. The summed E-state index contributed by atoms with van der Waals surface area (Å²) in [5, 5.41) is 3.89. The van der Waals surface area contributed by atoms with Crippen molar-refractivity contribution in [2.45, 2.75) is 6.54 Å². The van der Waals surface area contributed by atoms with Crippen molar-refractivity contribution in [3.63, 3.8) is 0 Å². The molecule has 2 aromatic carbocycles. The van der Waals surface area contributed by atoms with E-state index in [0.29, 0.717) is 17.9 Å². The highest BCUT2D eigenvalue weighted by Crippen LogP contribution is 2.21. The van der Waals surface area contributed by atoms with Gasteiger partial charge in [0.1, 0.15) is 5.82 Å². The lowest BCUT2D eigenvalue weighted by atomic mass is 10.2. The van der Waals surface area contributed by atoms with Crippen LogP contribution < -0.4 is 11.1 Å². The quantitative estimate of drug-likeness (QED) is 0.776. The highest BCUT2D eigenvalue weighted by molar-refractivity contribution is 5.89. The molecule has 1 heterocycles. The first-order valence-corrected chi connectivity index (χ1v) is 6.33. The molecule has 0 saturated carbocycles. The minimum Gasteiger partial charge on any atom is -0.368 e. The fourth-order valence-corrected chi connectivity index (χ4v) is 2.06. The van der Waals surface area contributed by atoms with E-state index in [4.69, 9.17) is 5.73 Å². The molecule has 0 unspecified atom stereocenters. The van der Waals surface area contributed by atoms with Gasteiger partial charge in [-0.1, -0.05) is 18.2 Å². The van der Waals surface area contributed by atoms with Crippen LogP contribution in [0.15, 0.2) is 42.5 Å². The maximum Gasteiger partial charge on any atom is 0.222 e. The van der Waals surface area contributed by atoms with E-state index in [1.54, 1.807) is 0 Å². The molecule has 0 aliphatic rings. The molecule has 3 rings (SSSR count). The molecule has 0 aliphatic carbocycles. The molecular formula is C15H12F2N4. The average molecular weight is 286 g/mol. The number of anilines is 2. The maximum absolute atomic E-state index is 13.2. The van der Waals surface area contributed by atoms with Crippen molar-refractivity contribution in [2.75, 3.05) is 11.1 Å².